The Morgan fingerprint density at radius 3 is 1.44 bits per heavy atom. The molecule has 0 atom stereocenters. The maximum Gasteiger partial charge on any atom is 0.333 e. The van der Waals surface area contributed by atoms with E-state index in [4.69, 9.17) is 83.8 Å². The van der Waals surface area contributed by atoms with Crippen LogP contribution >= 0.6 is 69.6 Å². The van der Waals surface area contributed by atoms with Crippen LogP contribution in [0.1, 0.15) is 53.7 Å². The van der Waals surface area contributed by atoms with Crippen molar-refractivity contribution < 1.29 is 38.2 Å². The zero-order chi connectivity index (χ0) is 39.5. The van der Waals surface area contributed by atoms with Crippen LogP contribution < -0.4 is 25.4 Å². The van der Waals surface area contributed by atoms with E-state index in [-0.39, 0.29) is 68.6 Å². The maximum atomic E-state index is 12.8. The van der Waals surface area contributed by atoms with E-state index in [1.54, 1.807) is 50.2 Å². The van der Waals surface area contributed by atoms with Crippen LogP contribution in [0, 0.1) is 0 Å². The van der Waals surface area contributed by atoms with Crippen LogP contribution in [0.5, 0.6) is 11.5 Å². The Morgan fingerprint density at radius 2 is 1.00 bits per heavy atom. The second-order valence-corrected chi connectivity index (χ2v) is 13.9. The summed E-state index contributed by atoms with van der Waals surface area (Å²) in [6.07, 6.45) is 0.219. The standard InChI is InChI=1S/C37H31Cl6N3O8/c1-3-31(47)45-25-7-20(5-23(38)14-25)17-52-35-27(40)9-19(10-28(35)41)11-33(49)54-34(50)16-44-37(51)22-12-29(42)36(30(43)13-22)53-18-21-6-24(39)15-26(8-21)46-32(48)4-2/h5-10,12-15H,3-4,11,16-18H2,1-2H3,(H,44,51)(H,45,47)(H,46,48). The highest BCUT2D eigenvalue weighted by atomic mass is 35.5. The molecule has 0 saturated heterocycles. The Balaban J connectivity index is 1.28. The number of rotatable bonds is 15. The van der Waals surface area contributed by atoms with Gasteiger partial charge in [0, 0.05) is 39.8 Å². The minimum Gasteiger partial charge on any atom is -0.486 e. The van der Waals surface area contributed by atoms with Gasteiger partial charge in [0.15, 0.2) is 11.5 Å². The van der Waals surface area contributed by atoms with Gasteiger partial charge in [-0.3, -0.25) is 19.2 Å². The highest BCUT2D eigenvalue weighted by Gasteiger charge is 2.19. The third-order valence-corrected chi connectivity index (χ3v) is 8.74. The van der Waals surface area contributed by atoms with Gasteiger partial charge in [-0.25, -0.2) is 4.79 Å². The summed E-state index contributed by atoms with van der Waals surface area (Å²) in [6, 6.07) is 15.3. The van der Waals surface area contributed by atoms with Gasteiger partial charge in [-0.1, -0.05) is 83.5 Å². The summed E-state index contributed by atoms with van der Waals surface area (Å²) in [4.78, 5) is 61.2. The number of hydrogen-bond acceptors (Lipinski definition) is 8. The minimum absolute atomic E-state index is 0.00875. The van der Waals surface area contributed by atoms with E-state index in [2.05, 4.69) is 16.0 Å². The maximum absolute atomic E-state index is 12.8. The highest BCUT2D eigenvalue weighted by molar-refractivity contribution is 6.38. The largest absolute Gasteiger partial charge is 0.486 e. The number of ether oxygens (including phenoxy) is 3. The Hall–Kier alpha value is -4.23. The fourth-order valence-corrected chi connectivity index (χ4v) is 6.48. The number of amides is 3. The molecule has 0 heterocycles. The molecule has 3 amide bonds. The van der Waals surface area contributed by atoms with E-state index in [0.29, 0.717) is 51.0 Å². The Bertz CT molecular complexity index is 2050. The van der Waals surface area contributed by atoms with E-state index in [9.17, 15) is 24.0 Å². The van der Waals surface area contributed by atoms with Gasteiger partial charge in [-0.2, -0.15) is 0 Å². The number of hydrogen-bond donors (Lipinski definition) is 3. The van der Waals surface area contributed by atoms with Crippen LogP contribution in [0.2, 0.25) is 30.1 Å². The van der Waals surface area contributed by atoms with Crippen molar-refractivity contribution in [3.8, 4) is 11.5 Å². The average Bonchev–Trinajstić information content (AvgIpc) is 3.09. The quantitative estimate of drug-likeness (QED) is 0.0791. The Kier molecular flexibility index (Phi) is 15.7. The van der Waals surface area contributed by atoms with Crippen LogP contribution in [-0.2, 0) is 43.5 Å². The molecule has 0 unspecified atom stereocenters. The Labute approximate surface area is 340 Å². The molecule has 0 aliphatic rings. The van der Waals surface area contributed by atoms with E-state index >= 15 is 0 Å². The lowest BCUT2D eigenvalue weighted by atomic mass is 10.1. The minimum atomic E-state index is -1.03. The predicted molar refractivity (Wildman–Crippen MR) is 209 cm³/mol. The number of anilines is 2. The second kappa shape index (κ2) is 19.9. The normalized spacial score (nSPS) is 10.7. The number of carbonyl (C=O) groups excluding carboxylic acids is 5. The first kappa shape index (κ1) is 42.5. The summed E-state index contributed by atoms with van der Waals surface area (Å²) >= 11 is 37.8. The molecule has 54 heavy (non-hydrogen) atoms. The van der Waals surface area contributed by atoms with Gasteiger partial charge < -0.3 is 30.2 Å². The molecule has 0 saturated carbocycles. The molecule has 0 aromatic heterocycles. The van der Waals surface area contributed by atoms with Crippen LogP contribution in [0.25, 0.3) is 0 Å². The summed E-state index contributed by atoms with van der Waals surface area (Å²) in [6.45, 7) is 2.80. The van der Waals surface area contributed by atoms with Crippen LogP contribution in [0.3, 0.4) is 0 Å². The topological polar surface area (TPSA) is 149 Å². The van der Waals surface area contributed by atoms with Crippen LogP contribution in [0.15, 0.2) is 60.7 Å². The third kappa shape index (κ3) is 12.7. The molecule has 0 spiro atoms. The first-order valence-corrected chi connectivity index (χ1v) is 18.3. The summed E-state index contributed by atoms with van der Waals surface area (Å²) in [5.41, 5.74) is 2.59. The van der Waals surface area contributed by atoms with E-state index in [0.717, 1.165) is 0 Å². The SMILES string of the molecule is CCC(=O)Nc1cc(Cl)cc(COc2c(Cl)cc(CC(=O)OC(=O)CNC(=O)c3cc(Cl)c(OCc4cc(Cl)cc(NC(=O)CC)c4)c(Cl)c3)cc2Cl)c1. The smallest absolute Gasteiger partial charge is 0.333 e. The highest BCUT2D eigenvalue weighted by Crippen LogP contribution is 2.36. The lowest BCUT2D eigenvalue weighted by molar-refractivity contribution is -0.158. The van der Waals surface area contributed by atoms with Crippen molar-refractivity contribution in [3.05, 3.63) is 113 Å². The van der Waals surface area contributed by atoms with Gasteiger partial charge in [0.25, 0.3) is 5.91 Å². The molecule has 4 aromatic carbocycles. The molecule has 0 aliphatic heterocycles. The average molecular weight is 858 g/mol. The van der Waals surface area contributed by atoms with E-state index in [1.165, 1.54) is 24.3 Å². The fourth-order valence-electron chi connectivity index (χ4n) is 4.72. The number of carbonyl (C=O) groups is 5. The number of benzene rings is 4. The molecule has 0 aliphatic carbocycles. The lowest BCUT2D eigenvalue weighted by Gasteiger charge is -2.13. The summed E-state index contributed by atoms with van der Waals surface area (Å²) < 4.78 is 16.4. The zero-order valence-corrected chi connectivity index (χ0v) is 33.1. The first-order chi connectivity index (χ1) is 25.6. The summed E-state index contributed by atoms with van der Waals surface area (Å²) in [7, 11) is 0. The second-order valence-electron chi connectivity index (χ2n) is 11.4. The van der Waals surface area contributed by atoms with Gasteiger partial charge in [-0.15, -0.1) is 0 Å². The molecular weight excluding hydrogens is 827 g/mol. The van der Waals surface area contributed by atoms with Gasteiger partial charge in [0.05, 0.1) is 26.5 Å². The molecule has 3 N–H and O–H groups in total. The van der Waals surface area contributed by atoms with Gasteiger partial charge in [0.1, 0.15) is 19.8 Å². The molecule has 4 aromatic rings. The van der Waals surface area contributed by atoms with Crippen molar-refractivity contribution >= 4 is 111 Å². The van der Waals surface area contributed by atoms with Crippen molar-refractivity contribution in [3.63, 3.8) is 0 Å². The molecular formula is C37H31Cl6N3O8. The molecule has 11 nitrogen and oxygen atoms in total. The molecule has 0 fully saturated rings. The lowest BCUT2D eigenvalue weighted by Crippen LogP contribution is -2.32. The molecule has 0 bridgehead atoms. The van der Waals surface area contributed by atoms with Crippen LogP contribution in [0.4, 0.5) is 11.4 Å². The zero-order valence-electron chi connectivity index (χ0n) is 28.5. The molecule has 4 rings (SSSR count). The monoisotopic (exact) mass is 855 g/mol. The van der Waals surface area contributed by atoms with Gasteiger partial charge >= 0.3 is 11.9 Å². The van der Waals surface area contributed by atoms with Crippen molar-refractivity contribution in [1.82, 2.24) is 5.32 Å². The number of esters is 2. The predicted octanol–water partition coefficient (Wildman–Crippen LogP) is 9.50. The summed E-state index contributed by atoms with van der Waals surface area (Å²) in [5, 5.41) is 8.77. The molecule has 17 heteroatoms. The molecule has 0 radical (unpaired) electrons. The van der Waals surface area contributed by atoms with E-state index in [1.807, 2.05) is 0 Å². The Morgan fingerprint density at radius 1 is 0.556 bits per heavy atom. The molecule has 284 valence electrons. The fraction of sp³-hybridized carbons (Fsp3) is 0.216. The third-order valence-electron chi connectivity index (χ3n) is 7.18. The van der Waals surface area contributed by atoms with Gasteiger partial charge in [0.2, 0.25) is 11.8 Å². The van der Waals surface area contributed by atoms with Crippen molar-refractivity contribution in [2.24, 2.45) is 0 Å². The first-order valence-electron chi connectivity index (χ1n) is 16.1. The van der Waals surface area contributed by atoms with Gasteiger partial charge in [-0.05, 0) is 77.4 Å². The van der Waals surface area contributed by atoms with Crippen molar-refractivity contribution in [2.75, 3.05) is 17.2 Å². The van der Waals surface area contributed by atoms with E-state index < -0.39 is 24.4 Å². The summed E-state index contributed by atoms with van der Waals surface area (Å²) in [5.74, 6) is -2.82. The number of halogens is 6. The number of nitrogens with one attached hydrogen (secondary N) is 3. The van der Waals surface area contributed by atoms with Crippen molar-refractivity contribution in [2.45, 2.75) is 46.3 Å². The van der Waals surface area contributed by atoms with Crippen molar-refractivity contribution in [1.29, 1.82) is 0 Å². The van der Waals surface area contributed by atoms with Crippen LogP contribution in [-0.4, -0.2) is 36.2 Å².